The number of carbonyl (C=O) groups is 1. The van der Waals surface area contributed by atoms with Crippen LogP contribution in [0.25, 0.3) is 0 Å². The molecule has 5 heterocycles. The molecule has 0 spiro atoms. The van der Waals surface area contributed by atoms with Crippen LogP contribution in [0.4, 0.5) is 10.2 Å². The maximum absolute atomic E-state index is 15.2. The molecule has 3 unspecified atom stereocenters. The van der Waals surface area contributed by atoms with Gasteiger partial charge in [-0.1, -0.05) is 18.6 Å². The summed E-state index contributed by atoms with van der Waals surface area (Å²) in [7, 11) is 0. The summed E-state index contributed by atoms with van der Waals surface area (Å²) in [5.41, 5.74) is 3.97. The summed E-state index contributed by atoms with van der Waals surface area (Å²) in [5.74, 6) is 0.208. The van der Waals surface area contributed by atoms with E-state index < -0.39 is 18.2 Å². The first-order valence-corrected chi connectivity index (χ1v) is 14.0. The Bertz CT molecular complexity index is 1060. The minimum atomic E-state index is -0.915. The number of halogens is 1. The molecule has 0 bridgehead atoms. The molecule has 3 aliphatic heterocycles. The molecule has 3 atom stereocenters. The first-order chi connectivity index (χ1) is 18.1. The number of pyridine rings is 2. The van der Waals surface area contributed by atoms with Gasteiger partial charge in [-0.3, -0.25) is 14.7 Å². The van der Waals surface area contributed by atoms with Gasteiger partial charge in [0, 0.05) is 61.3 Å². The third-order valence-electron chi connectivity index (χ3n) is 8.26. The van der Waals surface area contributed by atoms with E-state index in [9.17, 15) is 9.90 Å². The second kappa shape index (κ2) is 12.3. The lowest BCUT2D eigenvalue weighted by Crippen LogP contribution is -2.34. The molecule has 0 aliphatic carbocycles. The number of unbranched alkanes of at least 4 members (excludes halogenated alkanes) is 1. The Hall–Kier alpha value is -2.58. The van der Waals surface area contributed by atoms with E-state index in [1.807, 2.05) is 17.0 Å². The Morgan fingerprint density at radius 2 is 2.08 bits per heavy atom. The molecule has 2 saturated heterocycles. The number of carboxylic acid groups (broad SMARTS) is 1. The summed E-state index contributed by atoms with van der Waals surface area (Å²) >= 11 is 0. The number of rotatable bonds is 10. The average Bonchev–Trinajstić information content (AvgIpc) is 3.41. The molecule has 2 aromatic rings. The minimum absolute atomic E-state index is 0.129. The van der Waals surface area contributed by atoms with Gasteiger partial charge in [-0.25, -0.2) is 9.37 Å². The van der Waals surface area contributed by atoms with Crippen LogP contribution in [0, 0.1) is 5.92 Å². The Kier molecular flexibility index (Phi) is 8.66. The van der Waals surface area contributed by atoms with Gasteiger partial charge in [-0.15, -0.1) is 0 Å². The van der Waals surface area contributed by atoms with Crippen molar-refractivity contribution in [2.45, 2.75) is 75.9 Å². The fourth-order valence-electron chi connectivity index (χ4n) is 6.19. The third kappa shape index (κ3) is 6.29. The van der Waals surface area contributed by atoms with Crippen molar-refractivity contribution in [2.75, 3.05) is 38.2 Å². The van der Waals surface area contributed by atoms with Crippen LogP contribution in [-0.2, 0) is 22.4 Å². The number of anilines is 1. The van der Waals surface area contributed by atoms with Gasteiger partial charge in [-0.05, 0) is 75.6 Å². The SMILES string of the molecule is O=C(O)C(c1cccnc1C1CCOCC1)N1CCC(C(F)CCCCc2ccc3c(n2)NCCC3)C1. The predicted octanol–water partition coefficient (Wildman–Crippen LogP) is 4.93. The summed E-state index contributed by atoms with van der Waals surface area (Å²) < 4.78 is 20.7. The van der Waals surface area contributed by atoms with Crippen molar-refractivity contribution in [1.82, 2.24) is 14.9 Å². The van der Waals surface area contributed by atoms with Gasteiger partial charge >= 0.3 is 5.97 Å². The summed E-state index contributed by atoms with van der Waals surface area (Å²) in [6.07, 6.45) is 8.54. The zero-order chi connectivity index (χ0) is 25.6. The number of alkyl halides is 1. The molecule has 0 aromatic carbocycles. The van der Waals surface area contributed by atoms with Gasteiger partial charge < -0.3 is 15.2 Å². The lowest BCUT2D eigenvalue weighted by Gasteiger charge is -2.29. The largest absolute Gasteiger partial charge is 0.480 e. The van der Waals surface area contributed by atoms with Crippen LogP contribution in [0.5, 0.6) is 0 Å². The summed E-state index contributed by atoms with van der Waals surface area (Å²) in [5, 5.41) is 13.6. The van der Waals surface area contributed by atoms with E-state index in [4.69, 9.17) is 9.72 Å². The molecule has 5 rings (SSSR count). The molecule has 37 heavy (non-hydrogen) atoms. The van der Waals surface area contributed by atoms with Crippen molar-refractivity contribution in [1.29, 1.82) is 0 Å². The lowest BCUT2D eigenvalue weighted by atomic mass is 9.89. The molecule has 2 N–H and O–H groups in total. The van der Waals surface area contributed by atoms with E-state index in [0.29, 0.717) is 39.1 Å². The number of nitrogens with one attached hydrogen (secondary N) is 1. The quantitative estimate of drug-likeness (QED) is 0.438. The molecule has 0 amide bonds. The van der Waals surface area contributed by atoms with Crippen molar-refractivity contribution >= 4 is 11.8 Å². The van der Waals surface area contributed by atoms with E-state index in [1.165, 1.54) is 5.56 Å². The minimum Gasteiger partial charge on any atom is -0.480 e. The van der Waals surface area contributed by atoms with Crippen LogP contribution in [0.3, 0.4) is 0 Å². The summed E-state index contributed by atoms with van der Waals surface area (Å²) in [6, 6.07) is 7.19. The van der Waals surface area contributed by atoms with Crippen LogP contribution in [0.1, 0.15) is 79.4 Å². The number of hydrogen-bond acceptors (Lipinski definition) is 6. The van der Waals surface area contributed by atoms with E-state index in [1.54, 1.807) is 6.20 Å². The molecule has 0 saturated carbocycles. The highest BCUT2D eigenvalue weighted by molar-refractivity contribution is 5.76. The smallest absolute Gasteiger partial charge is 0.325 e. The number of ether oxygens (including phenoxy) is 1. The lowest BCUT2D eigenvalue weighted by molar-refractivity contribution is -0.143. The Labute approximate surface area is 218 Å². The number of fused-ring (bicyclic) bond motifs is 1. The van der Waals surface area contributed by atoms with Gasteiger partial charge in [0.15, 0.2) is 0 Å². The van der Waals surface area contributed by atoms with Crippen LogP contribution in [-0.4, -0.2) is 65.0 Å². The summed E-state index contributed by atoms with van der Waals surface area (Å²) in [6.45, 7) is 3.39. The number of carboxylic acids is 1. The van der Waals surface area contributed by atoms with E-state index in [-0.39, 0.29) is 11.8 Å². The number of aliphatic carboxylic acids is 1. The van der Waals surface area contributed by atoms with Gasteiger partial charge in [-0.2, -0.15) is 0 Å². The fraction of sp³-hybridized carbons (Fsp3) is 0.621. The number of aromatic nitrogens is 2. The number of aryl methyl sites for hydroxylation is 2. The Balaban J connectivity index is 1.14. The van der Waals surface area contributed by atoms with Crippen LogP contribution < -0.4 is 5.32 Å². The molecular weight excluding hydrogens is 471 g/mol. The monoisotopic (exact) mass is 510 g/mol. The molecule has 0 radical (unpaired) electrons. The van der Waals surface area contributed by atoms with E-state index in [0.717, 1.165) is 74.3 Å². The van der Waals surface area contributed by atoms with Gasteiger partial charge in [0.05, 0.1) is 0 Å². The number of likely N-dealkylation sites (tertiary alicyclic amines) is 1. The van der Waals surface area contributed by atoms with E-state index in [2.05, 4.69) is 22.4 Å². The maximum Gasteiger partial charge on any atom is 0.325 e. The van der Waals surface area contributed by atoms with Crippen molar-refractivity contribution in [3.63, 3.8) is 0 Å². The standard InChI is InChI=1S/C29H39FN4O3/c30-25(8-2-1-6-23-10-9-21-5-3-15-32-28(21)33-23)22-11-16-34(19-22)27(29(35)36)24-7-4-14-31-26(24)20-12-17-37-18-13-20/h4,7,9-10,14,20,22,25,27H,1-3,5-6,8,11-13,15-19H2,(H,32,33)(H,35,36). The highest BCUT2D eigenvalue weighted by Gasteiger charge is 2.38. The molecule has 7 nitrogen and oxygen atoms in total. The zero-order valence-electron chi connectivity index (χ0n) is 21.6. The second-order valence-corrected chi connectivity index (χ2v) is 10.8. The summed E-state index contributed by atoms with van der Waals surface area (Å²) in [4.78, 5) is 23.7. The zero-order valence-corrected chi connectivity index (χ0v) is 21.6. The molecule has 2 fully saturated rings. The Morgan fingerprint density at radius 1 is 1.22 bits per heavy atom. The van der Waals surface area contributed by atoms with E-state index >= 15 is 4.39 Å². The topological polar surface area (TPSA) is 87.6 Å². The van der Waals surface area contributed by atoms with Gasteiger partial charge in [0.2, 0.25) is 0 Å². The van der Waals surface area contributed by atoms with Gasteiger partial charge in [0.25, 0.3) is 0 Å². The molecule has 2 aromatic heterocycles. The van der Waals surface area contributed by atoms with Crippen molar-refractivity contribution in [3.8, 4) is 0 Å². The maximum atomic E-state index is 15.2. The van der Waals surface area contributed by atoms with Crippen molar-refractivity contribution in [2.24, 2.45) is 5.92 Å². The normalized spacial score (nSPS) is 22.2. The predicted molar refractivity (Wildman–Crippen MR) is 141 cm³/mol. The van der Waals surface area contributed by atoms with Crippen LogP contribution in [0.15, 0.2) is 30.5 Å². The number of hydrogen-bond donors (Lipinski definition) is 2. The fourth-order valence-corrected chi connectivity index (χ4v) is 6.19. The first-order valence-electron chi connectivity index (χ1n) is 14.0. The third-order valence-corrected chi connectivity index (χ3v) is 8.26. The second-order valence-electron chi connectivity index (χ2n) is 10.8. The van der Waals surface area contributed by atoms with Crippen molar-refractivity contribution in [3.05, 3.63) is 53.0 Å². The highest BCUT2D eigenvalue weighted by atomic mass is 19.1. The van der Waals surface area contributed by atoms with Gasteiger partial charge in [0.1, 0.15) is 18.0 Å². The molecular formula is C29H39FN4O3. The van der Waals surface area contributed by atoms with Crippen LogP contribution >= 0.6 is 0 Å². The first kappa shape index (κ1) is 26.0. The highest BCUT2D eigenvalue weighted by Crippen LogP contribution is 2.36. The molecule has 8 heteroatoms. The molecule has 200 valence electrons. The van der Waals surface area contributed by atoms with Crippen molar-refractivity contribution < 1.29 is 19.0 Å². The average molecular weight is 511 g/mol. The Morgan fingerprint density at radius 3 is 2.92 bits per heavy atom. The van der Waals surface area contributed by atoms with Crippen LogP contribution in [0.2, 0.25) is 0 Å². The number of nitrogens with zero attached hydrogens (tertiary/aromatic N) is 3. The molecule has 3 aliphatic rings.